The highest BCUT2D eigenvalue weighted by Gasteiger charge is 2.69. The Morgan fingerprint density at radius 2 is 1.19 bits per heavy atom. The summed E-state index contributed by atoms with van der Waals surface area (Å²) in [6, 6.07) is 31.4. The number of hydrogen-bond donors (Lipinski definition) is 0. The maximum atomic E-state index is 15.8. The number of nitrogens with zero attached hydrogens (tertiary/aromatic N) is 1. The van der Waals surface area contributed by atoms with Crippen molar-refractivity contribution >= 4 is 27.2 Å². The molecule has 2 aliphatic rings. The summed E-state index contributed by atoms with van der Waals surface area (Å²) in [5.74, 6) is 0. The van der Waals surface area contributed by atoms with Gasteiger partial charge in [-0.1, -0.05) is 84.9 Å². The summed E-state index contributed by atoms with van der Waals surface area (Å²) in [5.41, 5.74) is 0.0400. The van der Waals surface area contributed by atoms with Crippen molar-refractivity contribution in [2.75, 3.05) is 0 Å². The number of nitro benzene ring substituents is 1. The van der Waals surface area contributed by atoms with Crippen LogP contribution >= 0.6 is 15.9 Å². The van der Waals surface area contributed by atoms with Gasteiger partial charge in [-0.25, -0.2) is 0 Å². The van der Waals surface area contributed by atoms with E-state index in [-0.39, 0.29) is 16.8 Å². The van der Waals surface area contributed by atoms with E-state index < -0.39 is 21.0 Å². The number of ether oxygens (including phenoxy) is 1. The molecule has 0 amide bonds. The zero-order valence-corrected chi connectivity index (χ0v) is 20.3. The predicted molar refractivity (Wildman–Crippen MR) is 136 cm³/mol. The third-order valence-corrected chi connectivity index (χ3v) is 7.35. The van der Waals surface area contributed by atoms with E-state index in [1.807, 2.05) is 60.7 Å². The first kappa shape index (κ1) is 22.8. The zero-order valence-electron chi connectivity index (χ0n) is 18.7. The van der Waals surface area contributed by atoms with Crippen LogP contribution in [-0.2, 0) is 15.9 Å². The summed E-state index contributed by atoms with van der Waals surface area (Å²) in [5, 5.41) is 11.3. The normalized spacial score (nSPS) is 22.5. The zero-order chi connectivity index (χ0) is 25.1. The Morgan fingerprint density at radius 1 is 0.722 bits per heavy atom. The number of rotatable bonds is 5. The molecule has 0 spiro atoms. The third kappa shape index (κ3) is 2.99. The standard InChI is InChI=1S/C29H18BrF2NO3/c30-29(31,32)26-25(19-15-17-22(18-16-19)33(34)35)27(20-9-3-1-4-10-20)23-13-7-8-14-24(23)28(26,36-27)21-11-5-2-6-12-21/h1-18H/t27-,28+/m1/s1. The number of hydrogen-bond acceptors (Lipinski definition) is 3. The van der Waals surface area contributed by atoms with Crippen molar-refractivity contribution in [2.24, 2.45) is 0 Å². The number of non-ortho nitro benzene ring substituents is 1. The van der Waals surface area contributed by atoms with Crippen molar-refractivity contribution < 1.29 is 18.4 Å². The van der Waals surface area contributed by atoms with Crippen molar-refractivity contribution in [1.29, 1.82) is 0 Å². The molecule has 0 N–H and O–H groups in total. The summed E-state index contributed by atoms with van der Waals surface area (Å²) in [6.45, 7) is 0. The molecule has 0 aromatic heterocycles. The molecule has 178 valence electrons. The van der Waals surface area contributed by atoms with Crippen LogP contribution in [0.5, 0.6) is 0 Å². The van der Waals surface area contributed by atoms with Crippen molar-refractivity contribution in [3.05, 3.63) is 153 Å². The second-order valence-electron chi connectivity index (χ2n) is 8.79. The van der Waals surface area contributed by atoms with Gasteiger partial charge in [-0.3, -0.25) is 10.1 Å². The average Bonchev–Trinajstić information content (AvgIpc) is 3.40. The highest BCUT2D eigenvalue weighted by molar-refractivity contribution is 9.10. The van der Waals surface area contributed by atoms with E-state index in [0.717, 1.165) is 5.56 Å². The fourth-order valence-electron chi connectivity index (χ4n) is 5.66. The summed E-state index contributed by atoms with van der Waals surface area (Å²) < 4.78 is 38.6. The van der Waals surface area contributed by atoms with E-state index in [2.05, 4.69) is 15.9 Å². The lowest BCUT2D eigenvalue weighted by atomic mass is 9.66. The highest BCUT2D eigenvalue weighted by Crippen LogP contribution is 2.71. The lowest BCUT2D eigenvalue weighted by molar-refractivity contribution is -0.384. The SMILES string of the molecule is O=[N+]([O-])c1ccc(C2=C(C(F)(F)Br)[C@@]3(c4ccccc4)O[C@]2(c2ccccc2)c2ccccc23)cc1. The van der Waals surface area contributed by atoms with Gasteiger partial charge in [0.1, 0.15) is 11.2 Å². The third-order valence-electron chi connectivity index (χ3n) is 6.96. The molecule has 0 aliphatic carbocycles. The predicted octanol–water partition coefficient (Wildman–Crippen LogP) is 7.57. The van der Waals surface area contributed by atoms with Crippen LogP contribution in [0.1, 0.15) is 27.8 Å². The Kier molecular flexibility index (Phi) is 5.00. The summed E-state index contributed by atoms with van der Waals surface area (Å²) >= 11 is 2.68. The maximum absolute atomic E-state index is 15.8. The van der Waals surface area contributed by atoms with Crippen LogP contribution in [0.25, 0.3) is 5.57 Å². The number of alkyl halides is 3. The maximum Gasteiger partial charge on any atom is 0.326 e. The molecule has 0 fully saturated rings. The Hall–Kier alpha value is -3.68. The minimum Gasteiger partial charge on any atom is -0.340 e. The molecule has 36 heavy (non-hydrogen) atoms. The molecule has 2 atom stereocenters. The molecule has 2 aliphatic heterocycles. The molecular formula is C29H18BrF2NO3. The Balaban J connectivity index is 1.79. The number of halogens is 3. The Labute approximate surface area is 214 Å². The Morgan fingerprint density at radius 3 is 1.69 bits per heavy atom. The molecule has 7 heteroatoms. The first-order chi connectivity index (χ1) is 17.3. The molecule has 0 saturated carbocycles. The van der Waals surface area contributed by atoms with Gasteiger partial charge in [0.25, 0.3) is 5.69 Å². The van der Waals surface area contributed by atoms with Gasteiger partial charge in [-0.15, -0.1) is 0 Å². The van der Waals surface area contributed by atoms with Crippen molar-refractivity contribution in [3.63, 3.8) is 0 Å². The van der Waals surface area contributed by atoms with Crippen LogP contribution in [0.4, 0.5) is 14.5 Å². The fraction of sp³-hybridized carbons (Fsp3) is 0.103. The number of fused-ring (bicyclic) bond motifs is 5. The first-order valence-corrected chi connectivity index (χ1v) is 12.1. The van der Waals surface area contributed by atoms with Gasteiger partial charge in [0.05, 0.1) is 10.5 Å². The van der Waals surface area contributed by atoms with Crippen molar-refractivity contribution in [1.82, 2.24) is 0 Å². The van der Waals surface area contributed by atoms with Crippen molar-refractivity contribution in [3.8, 4) is 0 Å². The molecule has 4 aromatic rings. The van der Waals surface area contributed by atoms with E-state index in [9.17, 15) is 10.1 Å². The van der Waals surface area contributed by atoms with Crippen LogP contribution < -0.4 is 0 Å². The van der Waals surface area contributed by atoms with Crippen LogP contribution in [-0.4, -0.2) is 9.76 Å². The molecule has 4 aromatic carbocycles. The van der Waals surface area contributed by atoms with E-state index in [1.54, 1.807) is 24.3 Å². The number of benzene rings is 4. The van der Waals surface area contributed by atoms with Crippen LogP contribution in [0.3, 0.4) is 0 Å². The monoisotopic (exact) mass is 545 g/mol. The smallest absolute Gasteiger partial charge is 0.326 e. The fourth-order valence-corrected chi connectivity index (χ4v) is 6.14. The largest absolute Gasteiger partial charge is 0.340 e. The minimum atomic E-state index is -3.45. The first-order valence-electron chi connectivity index (χ1n) is 11.3. The molecule has 2 heterocycles. The number of nitro groups is 1. The van der Waals surface area contributed by atoms with E-state index in [1.165, 1.54) is 24.3 Å². The van der Waals surface area contributed by atoms with Crippen LogP contribution in [0, 0.1) is 10.1 Å². The van der Waals surface area contributed by atoms with E-state index in [0.29, 0.717) is 22.3 Å². The van der Waals surface area contributed by atoms with Gasteiger partial charge in [-0.05, 0) is 55.9 Å². The molecule has 4 nitrogen and oxygen atoms in total. The Bertz CT molecular complexity index is 1520. The summed E-state index contributed by atoms with van der Waals surface area (Å²) in [4.78, 5) is 7.35. The molecule has 0 saturated heterocycles. The minimum absolute atomic E-state index is 0.123. The van der Waals surface area contributed by atoms with Gasteiger partial charge < -0.3 is 4.74 Å². The molecular weight excluding hydrogens is 528 g/mol. The molecule has 6 rings (SSSR count). The lowest BCUT2D eigenvalue weighted by Crippen LogP contribution is -2.35. The van der Waals surface area contributed by atoms with Gasteiger partial charge in [0, 0.05) is 17.7 Å². The molecule has 2 bridgehead atoms. The van der Waals surface area contributed by atoms with Gasteiger partial charge >= 0.3 is 4.83 Å². The van der Waals surface area contributed by atoms with Gasteiger partial charge in [-0.2, -0.15) is 8.78 Å². The van der Waals surface area contributed by atoms with Crippen LogP contribution in [0.2, 0.25) is 0 Å². The second-order valence-corrected chi connectivity index (χ2v) is 9.79. The van der Waals surface area contributed by atoms with E-state index in [4.69, 9.17) is 4.74 Å². The topological polar surface area (TPSA) is 52.4 Å². The lowest BCUT2D eigenvalue weighted by Gasteiger charge is -2.34. The molecule has 0 radical (unpaired) electrons. The van der Waals surface area contributed by atoms with Gasteiger partial charge in [0.2, 0.25) is 0 Å². The van der Waals surface area contributed by atoms with E-state index >= 15 is 8.78 Å². The van der Waals surface area contributed by atoms with Gasteiger partial charge in [0.15, 0.2) is 0 Å². The molecule has 0 unspecified atom stereocenters. The summed E-state index contributed by atoms with van der Waals surface area (Å²) in [7, 11) is 0. The van der Waals surface area contributed by atoms with Crippen LogP contribution in [0.15, 0.2) is 115 Å². The van der Waals surface area contributed by atoms with Crippen molar-refractivity contribution in [2.45, 2.75) is 16.0 Å². The second kappa shape index (κ2) is 7.91. The average molecular weight is 546 g/mol. The quantitative estimate of drug-likeness (QED) is 0.147. The highest BCUT2D eigenvalue weighted by atomic mass is 79.9. The summed E-state index contributed by atoms with van der Waals surface area (Å²) in [6.07, 6.45) is 0.